The van der Waals surface area contributed by atoms with Crippen LogP contribution in [0.1, 0.15) is 35.3 Å². The molecular weight excluding hydrogens is 474 g/mol. The zero-order valence-corrected chi connectivity index (χ0v) is 21.3. The molecule has 0 fully saturated rings. The average molecular weight is 502 g/mol. The van der Waals surface area contributed by atoms with Crippen LogP contribution in [0.25, 0.3) is 43.8 Å². The van der Waals surface area contributed by atoms with E-state index in [-0.39, 0.29) is 0 Å². The van der Waals surface area contributed by atoms with Gasteiger partial charge in [-0.3, -0.25) is 4.79 Å². The predicted molar refractivity (Wildman–Crippen MR) is 153 cm³/mol. The highest BCUT2D eigenvalue weighted by Crippen LogP contribution is 2.40. The quantitative estimate of drug-likeness (QED) is 0.221. The van der Waals surface area contributed by atoms with Crippen molar-refractivity contribution in [2.24, 2.45) is 5.73 Å². The Morgan fingerprint density at radius 3 is 2.55 bits per heavy atom. The molecule has 0 atom stereocenters. The van der Waals surface area contributed by atoms with Gasteiger partial charge >= 0.3 is 0 Å². The van der Waals surface area contributed by atoms with E-state index in [1.807, 2.05) is 60.7 Å². The molecule has 5 N–H and O–H groups in total. The highest BCUT2D eigenvalue weighted by Gasteiger charge is 2.21. The van der Waals surface area contributed by atoms with Gasteiger partial charge in [0.05, 0.1) is 22.2 Å². The summed E-state index contributed by atoms with van der Waals surface area (Å²) in [6, 6.07) is 23.5. The number of para-hydroxylation sites is 1. The van der Waals surface area contributed by atoms with Crippen molar-refractivity contribution in [3.63, 3.8) is 0 Å². The third kappa shape index (κ3) is 3.84. The second kappa shape index (κ2) is 8.68. The molecule has 0 bridgehead atoms. The van der Waals surface area contributed by atoms with Gasteiger partial charge in [-0.25, -0.2) is 9.97 Å². The number of aliphatic hydroxyl groups is 1. The van der Waals surface area contributed by atoms with E-state index in [4.69, 9.17) is 5.73 Å². The molecule has 0 spiro atoms. The van der Waals surface area contributed by atoms with Crippen molar-refractivity contribution in [2.75, 3.05) is 5.32 Å². The topological polar surface area (TPSA) is 117 Å². The Kier molecular flexibility index (Phi) is 5.40. The normalized spacial score (nSPS) is 11.9. The van der Waals surface area contributed by atoms with Crippen molar-refractivity contribution in [3.8, 4) is 11.1 Å². The monoisotopic (exact) mass is 501 g/mol. The van der Waals surface area contributed by atoms with E-state index in [0.717, 1.165) is 61.0 Å². The zero-order valence-electron chi connectivity index (χ0n) is 21.3. The molecule has 7 heteroatoms. The lowest BCUT2D eigenvalue weighted by molar-refractivity contribution is 0.0787. The number of carbonyl (C=O) groups is 1. The van der Waals surface area contributed by atoms with Crippen molar-refractivity contribution in [2.45, 2.75) is 26.4 Å². The molecule has 7 nitrogen and oxygen atoms in total. The molecule has 38 heavy (non-hydrogen) atoms. The Morgan fingerprint density at radius 2 is 1.76 bits per heavy atom. The number of carbonyl (C=O) groups excluding carboxylic acids is 1. The van der Waals surface area contributed by atoms with Crippen LogP contribution in [-0.2, 0) is 5.60 Å². The summed E-state index contributed by atoms with van der Waals surface area (Å²) >= 11 is 0. The first-order chi connectivity index (χ1) is 18.2. The number of hydrogen-bond donors (Lipinski definition) is 4. The number of primary amides is 1. The summed E-state index contributed by atoms with van der Waals surface area (Å²) in [4.78, 5) is 24.6. The summed E-state index contributed by atoms with van der Waals surface area (Å²) < 4.78 is 0. The molecule has 1 amide bonds. The molecular formula is C31H27N5O2. The maximum absolute atomic E-state index is 12.3. The van der Waals surface area contributed by atoms with Crippen LogP contribution >= 0.6 is 0 Å². The van der Waals surface area contributed by atoms with E-state index in [9.17, 15) is 9.90 Å². The average Bonchev–Trinajstić information content (AvgIpc) is 3.28. The Balaban J connectivity index is 1.55. The number of aromatic nitrogens is 3. The van der Waals surface area contributed by atoms with Crippen LogP contribution in [0.3, 0.4) is 0 Å². The maximum atomic E-state index is 12.3. The van der Waals surface area contributed by atoms with Gasteiger partial charge in [0.15, 0.2) is 0 Å². The summed E-state index contributed by atoms with van der Waals surface area (Å²) in [5.41, 5.74) is 12.3. The number of fused-ring (bicyclic) bond motifs is 4. The largest absolute Gasteiger partial charge is 0.386 e. The van der Waals surface area contributed by atoms with Gasteiger partial charge in [-0.1, -0.05) is 42.5 Å². The number of anilines is 2. The van der Waals surface area contributed by atoms with Gasteiger partial charge in [0, 0.05) is 27.4 Å². The van der Waals surface area contributed by atoms with Crippen LogP contribution in [0.5, 0.6) is 0 Å². The summed E-state index contributed by atoms with van der Waals surface area (Å²) in [6.07, 6.45) is 1.56. The predicted octanol–water partition coefficient (Wildman–Crippen LogP) is 6.31. The van der Waals surface area contributed by atoms with Gasteiger partial charge in [0.1, 0.15) is 12.1 Å². The molecule has 0 aliphatic rings. The Hall–Kier alpha value is -4.75. The van der Waals surface area contributed by atoms with Gasteiger partial charge in [-0.15, -0.1) is 0 Å². The summed E-state index contributed by atoms with van der Waals surface area (Å²) in [7, 11) is 0. The van der Waals surface area contributed by atoms with Gasteiger partial charge < -0.3 is 21.1 Å². The second-order valence-electron chi connectivity index (χ2n) is 10.1. The van der Waals surface area contributed by atoms with Crippen LogP contribution in [-0.4, -0.2) is 26.0 Å². The van der Waals surface area contributed by atoms with E-state index in [1.165, 1.54) is 0 Å². The molecule has 6 aromatic rings. The van der Waals surface area contributed by atoms with Gasteiger partial charge in [-0.05, 0) is 73.4 Å². The van der Waals surface area contributed by atoms with E-state index in [0.29, 0.717) is 11.1 Å². The maximum Gasteiger partial charge on any atom is 0.250 e. The minimum absolute atomic E-state index is 0.421. The Morgan fingerprint density at radius 1 is 0.947 bits per heavy atom. The Labute approximate surface area is 219 Å². The Bertz CT molecular complexity index is 1880. The fourth-order valence-electron chi connectivity index (χ4n) is 5.12. The van der Waals surface area contributed by atoms with Crippen LogP contribution < -0.4 is 11.1 Å². The third-order valence-corrected chi connectivity index (χ3v) is 7.15. The smallest absolute Gasteiger partial charge is 0.250 e. The fourth-order valence-corrected chi connectivity index (χ4v) is 5.12. The standard InChI is InChI=1S/C31H27N5O2/c1-17-19(8-6-10-24(17)36-30-22-7-4-5-9-25(22)33-16-34-30)20-13-14-23(29(32)37)28-27(20)21-12-11-18(31(2,3)38)15-26(21)35-28/h4-16,35,38H,1-3H3,(H2,32,37)(H,33,34,36). The van der Waals surface area contributed by atoms with Crippen molar-refractivity contribution in [1.82, 2.24) is 15.0 Å². The lowest BCUT2D eigenvalue weighted by Gasteiger charge is -2.17. The van der Waals surface area contributed by atoms with Crippen LogP contribution in [0.4, 0.5) is 11.5 Å². The number of amides is 1. The van der Waals surface area contributed by atoms with Crippen molar-refractivity contribution in [3.05, 3.63) is 95.8 Å². The zero-order chi connectivity index (χ0) is 26.6. The number of rotatable bonds is 5. The third-order valence-electron chi connectivity index (χ3n) is 7.15. The molecule has 2 aromatic heterocycles. The van der Waals surface area contributed by atoms with E-state index < -0.39 is 11.5 Å². The van der Waals surface area contributed by atoms with Gasteiger partial charge in [0.25, 0.3) is 5.91 Å². The number of nitrogens with one attached hydrogen (secondary N) is 2. The van der Waals surface area contributed by atoms with Crippen molar-refractivity contribution in [1.29, 1.82) is 0 Å². The molecule has 0 aliphatic carbocycles. The second-order valence-corrected chi connectivity index (χ2v) is 10.1. The van der Waals surface area contributed by atoms with E-state index >= 15 is 0 Å². The molecule has 0 unspecified atom stereocenters. The first kappa shape index (κ1) is 23.6. The highest BCUT2D eigenvalue weighted by molar-refractivity contribution is 6.20. The van der Waals surface area contributed by atoms with E-state index in [2.05, 4.69) is 33.3 Å². The molecule has 0 saturated heterocycles. The minimum atomic E-state index is -0.997. The lowest BCUT2D eigenvalue weighted by atomic mass is 9.92. The van der Waals surface area contributed by atoms with Crippen LogP contribution in [0.2, 0.25) is 0 Å². The fraction of sp³-hybridized carbons (Fsp3) is 0.129. The van der Waals surface area contributed by atoms with Crippen molar-refractivity contribution >= 4 is 50.1 Å². The molecule has 2 heterocycles. The number of hydrogen-bond acceptors (Lipinski definition) is 5. The lowest BCUT2D eigenvalue weighted by Crippen LogP contribution is -2.14. The van der Waals surface area contributed by atoms with Gasteiger partial charge in [-0.2, -0.15) is 0 Å². The number of H-pyrrole nitrogens is 1. The highest BCUT2D eigenvalue weighted by atomic mass is 16.3. The minimum Gasteiger partial charge on any atom is -0.386 e. The first-order valence-corrected chi connectivity index (χ1v) is 12.4. The van der Waals surface area contributed by atoms with Crippen LogP contribution in [0.15, 0.2) is 79.1 Å². The SMILES string of the molecule is Cc1c(Nc2ncnc3ccccc23)cccc1-c1ccc(C(N)=O)c2[nH]c3cc(C(C)(C)O)ccc3c12. The molecule has 188 valence electrons. The number of aromatic amines is 1. The number of nitrogens with zero attached hydrogens (tertiary/aromatic N) is 2. The summed E-state index contributed by atoms with van der Waals surface area (Å²) in [5, 5.41) is 16.8. The summed E-state index contributed by atoms with van der Waals surface area (Å²) in [6.45, 7) is 5.57. The number of nitrogens with two attached hydrogens (primary N) is 1. The number of benzene rings is 4. The first-order valence-electron chi connectivity index (χ1n) is 12.4. The molecule has 0 aliphatic heterocycles. The van der Waals surface area contributed by atoms with E-state index in [1.54, 1.807) is 26.2 Å². The molecule has 4 aromatic carbocycles. The molecule has 6 rings (SSSR count). The summed E-state index contributed by atoms with van der Waals surface area (Å²) in [5.74, 6) is 0.231. The van der Waals surface area contributed by atoms with Crippen molar-refractivity contribution < 1.29 is 9.90 Å². The van der Waals surface area contributed by atoms with Gasteiger partial charge in [0.2, 0.25) is 0 Å². The molecule has 0 radical (unpaired) electrons. The van der Waals surface area contributed by atoms with Crippen LogP contribution in [0, 0.1) is 6.92 Å². The molecule has 0 saturated carbocycles.